The van der Waals surface area contributed by atoms with Crippen LogP contribution < -0.4 is 26.8 Å². The van der Waals surface area contributed by atoms with Crippen molar-refractivity contribution in [3.63, 3.8) is 0 Å². The van der Waals surface area contributed by atoms with Gasteiger partial charge in [0.05, 0.1) is 20.6 Å². The van der Waals surface area contributed by atoms with E-state index in [1.165, 1.54) is 32.2 Å². The molecule has 1 atom stereocenters. The van der Waals surface area contributed by atoms with E-state index in [9.17, 15) is 52.7 Å². The van der Waals surface area contributed by atoms with E-state index in [0.717, 1.165) is 5.92 Å². The first-order valence-corrected chi connectivity index (χ1v) is 15.9. The van der Waals surface area contributed by atoms with Crippen molar-refractivity contribution in [2.45, 2.75) is 39.5 Å². The molecule has 4 aromatic rings. The minimum absolute atomic E-state index is 0.958. The Bertz CT molecular complexity index is 1770. The second kappa shape index (κ2) is 17.3. The first-order valence-electron chi connectivity index (χ1n) is 15.9. The SMILES string of the molecule is CCCCC(CC)C[NH+](C)C.Fc1c(F)c(F)c([B-](c2c(F)c(F)c(F)c(F)c2F)(c2c(F)c(F)c(F)c(F)c2F)c2c(F)c(F)c(F)c(F)c2F)c(F)c1F. The van der Waals surface area contributed by atoms with Gasteiger partial charge in [-0.2, -0.15) is 0 Å². The average Bonchev–Trinajstić information content (AvgIpc) is 3.16. The van der Waals surface area contributed by atoms with Crippen molar-refractivity contribution in [1.29, 1.82) is 0 Å². The number of rotatable bonds is 10. The van der Waals surface area contributed by atoms with Crippen LogP contribution in [-0.2, 0) is 0 Å². The fourth-order valence-electron chi connectivity index (χ4n) is 6.39. The Morgan fingerprint density at radius 3 is 0.714 bits per heavy atom. The van der Waals surface area contributed by atoms with E-state index in [0.29, 0.717) is 0 Å². The third kappa shape index (κ3) is 7.39. The predicted octanol–water partition coefficient (Wildman–Crippen LogP) is 7.19. The van der Waals surface area contributed by atoms with E-state index < -0.39 is 144 Å². The molecule has 0 aromatic heterocycles. The van der Waals surface area contributed by atoms with Crippen LogP contribution in [0.1, 0.15) is 39.5 Å². The van der Waals surface area contributed by atoms with Gasteiger partial charge in [0.2, 0.25) is 0 Å². The Morgan fingerprint density at radius 2 is 0.554 bits per heavy atom. The van der Waals surface area contributed by atoms with E-state index in [4.69, 9.17) is 0 Å². The molecule has 0 aliphatic rings. The lowest BCUT2D eigenvalue weighted by Gasteiger charge is -2.44. The van der Waals surface area contributed by atoms with Crippen LogP contribution in [0.5, 0.6) is 0 Å². The molecule has 0 aliphatic heterocycles. The molecule has 0 amide bonds. The highest BCUT2D eigenvalue weighted by molar-refractivity contribution is 7.20. The molecule has 1 N–H and O–H groups in total. The zero-order valence-corrected chi connectivity index (χ0v) is 28.7. The van der Waals surface area contributed by atoms with Crippen molar-refractivity contribution in [3.05, 3.63) is 116 Å². The molecule has 4 rings (SSSR count). The predicted molar refractivity (Wildman–Crippen MR) is 160 cm³/mol. The van der Waals surface area contributed by atoms with Gasteiger partial charge >= 0.3 is 0 Å². The smallest absolute Gasteiger partial charge is 0.200 e. The summed E-state index contributed by atoms with van der Waals surface area (Å²) in [5, 5.41) is 0. The first-order chi connectivity index (χ1) is 25.9. The molecular formula is C34H24BF20N. The van der Waals surface area contributed by atoms with Crippen LogP contribution in [0.3, 0.4) is 0 Å². The van der Waals surface area contributed by atoms with Crippen molar-refractivity contribution in [1.82, 2.24) is 0 Å². The van der Waals surface area contributed by atoms with Gasteiger partial charge in [0.25, 0.3) is 0 Å². The largest absolute Gasteiger partial charge is 0.340 e. The normalized spacial score (nSPS) is 12.4. The van der Waals surface area contributed by atoms with Crippen LogP contribution in [0.15, 0.2) is 0 Å². The van der Waals surface area contributed by atoms with Gasteiger partial charge in [0.15, 0.2) is 69.8 Å². The van der Waals surface area contributed by atoms with Gasteiger partial charge < -0.3 is 4.90 Å². The van der Waals surface area contributed by atoms with Crippen LogP contribution in [-0.4, -0.2) is 26.8 Å². The summed E-state index contributed by atoms with van der Waals surface area (Å²) in [5.74, 6) is -70.4. The maximum absolute atomic E-state index is 15.4. The molecule has 0 spiro atoms. The van der Waals surface area contributed by atoms with Gasteiger partial charge in [-0.15, -0.1) is 21.9 Å². The second-order valence-corrected chi connectivity index (χ2v) is 12.6. The first kappa shape index (κ1) is 45.9. The summed E-state index contributed by atoms with van der Waals surface area (Å²) < 4.78 is 294. The zero-order valence-electron chi connectivity index (χ0n) is 28.7. The molecule has 0 bridgehead atoms. The van der Waals surface area contributed by atoms with E-state index >= 15 is 35.1 Å². The van der Waals surface area contributed by atoms with Gasteiger partial charge in [0.1, 0.15) is 52.7 Å². The third-order valence-corrected chi connectivity index (χ3v) is 8.95. The minimum Gasteiger partial charge on any atom is -0.340 e. The number of quaternary nitrogens is 1. The number of hydrogen-bond donors (Lipinski definition) is 1. The van der Waals surface area contributed by atoms with E-state index in [1.54, 1.807) is 4.90 Å². The van der Waals surface area contributed by atoms with E-state index in [1.807, 2.05) is 0 Å². The van der Waals surface area contributed by atoms with Crippen LogP contribution in [0.2, 0.25) is 0 Å². The van der Waals surface area contributed by atoms with Crippen molar-refractivity contribution >= 4 is 28.0 Å². The number of halogens is 20. The molecule has 308 valence electrons. The minimum atomic E-state index is -7.22. The van der Waals surface area contributed by atoms with E-state index in [-0.39, 0.29) is 0 Å². The topological polar surface area (TPSA) is 4.44 Å². The Kier molecular flexibility index (Phi) is 14.2. The molecule has 4 aromatic carbocycles. The quantitative estimate of drug-likeness (QED) is 0.0748. The number of hydrogen-bond acceptors (Lipinski definition) is 0. The van der Waals surface area contributed by atoms with Gasteiger partial charge in [-0.25, -0.2) is 87.8 Å². The van der Waals surface area contributed by atoms with Crippen molar-refractivity contribution in [3.8, 4) is 0 Å². The van der Waals surface area contributed by atoms with Crippen molar-refractivity contribution < 1.29 is 92.7 Å². The van der Waals surface area contributed by atoms with Crippen LogP contribution in [0, 0.1) is 122 Å². The van der Waals surface area contributed by atoms with Gasteiger partial charge in [-0.3, -0.25) is 0 Å². The average molecular weight is 837 g/mol. The van der Waals surface area contributed by atoms with Gasteiger partial charge in [-0.05, 0) is 12.8 Å². The summed E-state index contributed by atoms with van der Waals surface area (Å²) in [5.41, 5.74) is -14.3. The van der Waals surface area contributed by atoms with Crippen molar-refractivity contribution in [2.24, 2.45) is 5.92 Å². The lowest BCUT2D eigenvalue weighted by atomic mass is 9.12. The lowest BCUT2D eigenvalue weighted by Crippen LogP contribution is -3.06. The standard InChI is InChI=1S/C24BF20.C10H23N/c26-5-1(6(27)14(35)21(42)13(5)34)25(2-7(28)15(36)22(43)16(37)8(2)29,3-9(30)17(38)23(44)18(39)10(3)31)4-11(32)19(40)24(45)20(41)12(4)33;1-5-7-8-10(6-2)9-11(3)4/h;10H,5-9H2,1-4H3/q-1;/p+1. The molecule has 1 unspecified atom stereocenters. The highest BCUT2D eigenvalue weighted by Gasteiger charge is 2.52. The summed E-state index contributed by atoms with van der Waals surface area (Å²) >= 11 is 0. The van der Waals surface area contributed by atoms with Crippen LogP contribution in [0.25, 0.3) is 0 Å². The van der Waals surface area contributed by atoms with Crippen LogP contribution >= 0.6 is 0 Å². The highest BCUT2D eigenvalue weighted by Crippen LogP contribution is 2.30. The summed E-state index contributed by atoms with van der Waals surface area (Å²) in [6.45, 7) is 5.93. The molecule has 0 saturated heterocycles. The number of unbranched alkanes of at least 4 members (excludes halogenated alkanes) is 1. The molecule has 1 nitrogen and oxygen atoms in total. The molecule has 0 radical (unpaired) electrons. The molecule has 0 fully saturated rings. The summed E-state index contributed by atoms with van der Waals surface area (Å²) in [6.07, 6.45) is -1.68. The van der Waals surface area contributed by atoms with Crippen molar-refractivity contribution in [2.75, 3.05) is 20.6 Å². The van der Waals surface area contributed by atoms with E-state index in [2.05, 4.69) is 27.9 Å². The maximum atomic E-state index is 15.4. The molecule has 56 heavy (non-hydrogen) atoms. The Balaban J connectivity index is 0.000000665. The summed E-state index contributed by atoms with van der Waals surface area (Å²) in [7, 11) is 4.49. The second-order valence-electron chi connectivity index (χ2n) is 12.6. The Hall–Kier alpha value is -4.50. The molecule has 0 saturated carbocycles. The third-order valence-electron chi connectivity index (χ3n) is 8.95. The highest BCUT2D eigenvalue weighted by atomic mass is 19.2. The van der Waals surface area contributed by atoms with Gasteiger partial charge in [-0.1, -0.05) is 26.7 Å². The molecular weight excluding hydrogens is 813 g/mol. The fourth-order valence-corrected chi connectivity index (χ4v) is 6.39. The fraction of sp³-hybridized carbons (Fsp3) is 0.294. The summed E-state index contributed by atoms with van der Waals surface area (Å²) in [4.78, 5) is 1.59. The zero-order chi connectivity index (χ0) is 43.0. The van der Waals surface area contributed by atoms with Gasteiger partial charge in [0, 0.05) is 5.92 Å². The molecule has 0 aliphatic carbocycles. The summed E-state index contributed by atoms with van der Waals surface area (Å²) in [6, 6.07) is 0. The molecule has 0 heterocycles. The number of benzene rings is 4. The maximum Gasteiger partial charge on any atom is 0.200 e. The number of nitrogens with one attached hydrogen (secondary N) is 1. The Labute approximate surface area is 303 Å². The Morgan fingerprint density at radius 1 is 0.357 bits per heavy atom. The lowest BCUT2D eigenvalue weighted by molar-refractivity contribution is -0.862. The monoisotopic (exact) mass is 837 g/mol. The molecule has 22 heteroatoms. The van der Waals surface area contributed by atoms with Crippen LogP contribution in [0.4, 0.5) is 87.8 Å².